The molecule has 1 aliphatic heterocycles. The van der Waals surface area contributed by atoms with E-state index < -0.39 is 0 Å². The highest BCUT2D eigenvalue weighted by Gasteiger charge is 2.29. The first kappa shape index (κ1) is 12.4. The molecule has 0 amide bonds. The molecule has 3 heteroatoms. The van der Waals surface area contributed by atoms with Crippen LogP contribution in [0, 0.1) is 12.7 Å². The Morgan fingerprint density at radius 2 is 2.05 bits per heavy atom. The van der Waals surface area contributed by atoms with Crippen LogP contribution in [0.2, 0.25) is 0 Å². The van der Waals surface area contributed by atoms with Gasteiger partial charge in [0.15, 0.2) is 5.78 Å². The van der Waals surface area contributed by atoms with Gasteiger partial charge in [-0.15, -0.1) is 11.8 Å². The molecule has 1 nitrogen and oxygen atoms in total. The lowest BCUT2D eigenvalue weighted by Gasteiger charge is -2.10. The van der Waals surface area contributed by atoms with Gasteiger partial charge in [0.2, 0.25) is 0 Å². The zero-order chi connectivity index (χ0) is 13.4. The van der Waals surface area contributed by atoms with E-state index in [2.05, 4.69) is 0 Å². The smallest absolute Gasteiger partial charge is 0.171 e. The highest BCUT2D eigenvalue weighted by atomic mass is 32.2. The molecule has 0 fully saturated rings. The molecule has 0 N–H and O–H groups in total. The predicted molar refractivity (Wildman–Crippen MR) is 75.4 cm³/mol. The van der Waals surface area contributed by atoms with Gasteiger partial charge in [-0.05, 0) is 30.2 Å². The van der Waals surface area contributed by atoms with Crippen molar-refractivity contribution in [1.29, 1.82) is 0 Å². The maximum absolute atomic E-state index is 13.6. The highest BCUT2D eigenvalue weighted by molar-refractivity contribution is 7.99. The fourth-order valence-electron chi connectivity index (χ4n) is 2.33. The first-order valence-corrected chi connectivity index (χ1v) is 7.17. The molecular formula is C16H13FOS. The zero-order valence-electron chi connectivity index (χ0n) is 10.5. The summed E-state index contributed by atoms with van der Waals surface area (Å²) in [6.45, 7) is 1.70. The van der Waals surface area contributed by atoms with Gasteiger partial charge in [0.25, 0.3) is 0 Å². The lowest BCUT2D eigenvalue weighted by atomic mass is 9.92. The lowest BCUT2D eigenvalue weighted by Crippen LogP contribution is -2.12. The van der Waals surface area contributed by atoms with Crippen molar-refractivity contribution in [2.24, 2.45) is 0 Å². The van der Waals surface area contributed by atoms with Crippen LogP contribution in [-0.2, 0) is 0 Å². The van der Waals surface area contributed by atoms with Gasteiger partial charge in [-0.3, -0.25) is 4.79 Å². The molecule has 0 saturated carbocycles. The molecule has 0 aliphatic carbocycles. The molecule has 2 aromatic carbocycles. The van der Waals surface area contributed by atoms with Gasteiger partial charge in [0.1, 0.15) is 5.82 Å². The van der Waals surface area contributed by atoms with Crippen LogP contribution >= 0.6 is 11.8 Å². The number of hydrogen-bond acceptors (Lipinski definition) is 2. The van der Waals surface area contributed by atoms with E-state index in [0.29, 0.717) is 11.1 Å². The van der Waals surface area contributed by atoms with E-state index in [9.17, 15) is 9.18 Å². The van der Waals surface area contributed by atoms with Gasteiger partial charge in [-0.1, -0.05) is 30.3 Å². The monoisotopic (exact) mass is 272 g/mol. The number of halogens is 1. The summed E-state index contributed by atoms with van der Waals surface area (Å²) in [6.07, 6.45) is 0. The Labute approximate surface area is 115 Å². The molecule has 0 radical (unpaired) electrons. The van der Waals surface area contributed by atoms with Crippen LogP contribution in [0.15, 0.2) is 47.4 Å². The summed E-state index contributed by atoms with van der Waals surface area (Å²) >= 11 is 1.69. The van der Waals surface area contributed by atoms with Gasteiger partial charge < -0.3 is 0 Å². The number of carbonyl (C=O) groups is 1. The first-order chi connectivity index (χ1) is 9.16. The molecule has 96 valence electrons. The van der Waals surface area contributed by atoms with Crippen LogP contribution in [-0.4, -0.2) is 11.5 Å². The molecule has 1 heterocycles. The molecule has 0 spiro atoms. The summed E-state index contributed by atoms with van der Waals surface area (Å²) in [5, 5.41) is 0. The maximum Gasteiger partial charge on any atom is 0.171 e. The summed E-state index contributed by atoms with van der Waals surface area (Å²) in [4.78, 5) is 13.7. The topological polar surface area (TPSA) is 17.1 Å². The quantitative estimate of drug-likeness (QED) is 0.762. The Morgan fingerprint density at radius 1 is 1.26 bits per heavy atom. The predicted octanol–water partition coefficient (Wildman–Crippen LogP) is 4.21. The van der Waals surface area contributed by atoms with Crippen LogP contribution in [0.4, 0.5) is 4.39 Å². The second-order valence-corrected chi connectivity index (χ2v) is 5.79. The Balaban J connectivity index is 1.95. The Morgan fingerprint density at radius 3 is 2.84 bits per heavy atom. The number of fused-ring (bicyclic) bond motifs is 1. The average molecular weight is 272 g/mol. The molecule has 0 saturated heterocycles. The van der Waals surface area contributed by atoms with E-state index in [1.54, 1.807) is 30.8 Å². The van der Waals surface area contributed by atoms with Crippen LogP contribution in [0.5, 0.6) is 0 Å². The van der Waals surface area contributed by atoms with E-state index >= 15 is 0 Å². The lowest BCUT2D eigenvalue weighted by molar-refractivity contribution is 0.0968. The molecule has 2 aromatic rings. The normalized spacial score (nSPS) is 17.3. The number of ketones is 1. The van der Waals surface area contributed by atoms with E-state index in [0.717, 1.165) is 16.2 Å². The number of hydrogen-bond donors (Lipinski definition) is 0. The third-order valence-electron chi connectivity index (χ3n) is 3.47. The fraction of sp³-hybridized carbons (Fsp3) is 0.188. The fourth-order valence-corrected chi connectivity index (χ4v) is 3.56. The van der Waals surface area contributed by atoms with Crippen molar-refractivity contribution in [3.63, 3.8) is 0 Å². The minimum Gasteiger partial charge on any atom is -0.293 e. The molecule has 19 heavy (non-hydrogen) atoms. The number of aryl methyl sites for hydroxylation is 1. The third-order valence-corrected chi connectivity index (χ3v) is 4.66. The molecule has 3 rings (SSSR count). The van der Waals surface area contributed by atoms with Crippen molar-refractivity contribution in [2.75, 3.05) is 5.75 Å². The molecule has 1 atom stereocenters. The van der Waals surface area contributed by atoms with Crippen molar-refractivity contribution >= 4 is 17.5 Å². The average Bonchev–Trinajstić information content (AvgIpc) is 2.85. The molecular weight excluding hydrogens is 259 g/mol. The minimum atomic E-state index is -0.315. The minimum absolute atomic E-state index is 0.0105. The van der Waals surface area contributed by atoms with E-state index in [1.807, 2.05) is 24.3 Å². The summed E-state index contributed by atoms with van der Waals surface area (Å²) < 4.78 is 13.6. The third kappa shape index (κ3) is 2.19. The molecule has 0 aromatic heterocycles. The van der Waals surface area contributed by atoms with Crippen molar-refractivity contribution in [1.82, 2.24) is 0 Å². The Kier molecular flexibility index (Phi) is 3.15. The van der Waals surface area contributed by atoms with E-state index in [1.165, 1.54) is 6.07 Å². The summed E-state index contributed by atoms with van der Waals surface area (Å²) in [7, 11) is 0. The number of benzene rings is 2. The number of carbonyl (C=O) groups excluding carboxylic acids is 1. The first-order valence-electron chi connectivity index (χ1n) is 6.19. The zero-order valence-corrected chi connectivity index (χ0v) is 11.3. The number of Topliss-reactive ketones (excluding diaryl/α,β-unsaturated/α-hetero) is 1. The Bertz CT molecular complexity index is 651. The van der Waals surface area contributed by atoms with Crippen molar-refractivity contribution in [2.45, 2.75) is 17.7 Å². The van der Waals surface area contributed by atoms with Crippen molar-refractivity contribution < 1.29 is 9.18 Å². The van der Waals surface area contributed by atoms with Crippen LogP contribution in [0.3, 0.4) is 0 Å². The summed E-state index contributed by atoms with van der Waals surface area (Å²) in [5.41, 5.74) is 2.10. The number of rotatable bonds is 2. The van der Waals surface area contributed by atoms with Gasteiger partial charge in [-0.2, -0.15) is 0 Å². The molecule has 0 bridgehead atoms. The SMILES string of the molecule is Cc1ccc(C(=O)C2CSc3ccccc32)cc1F. The van der Waals surface area contributed by atoms with Gasteiger partial charge in [0.05, 0.1) is 5.92 Å². The van der Waals surface area contributed by atoms with Crippen molar-refractivity contribution in [3.8, 4) is 0 Å². The largest absolute Gasteiger partial charge is 0.293 e. The standard InChI is InChI=1S/C16H13FOS/c1-10-6-7-11(8-14(10)17)16(18)13-9-19-15-5-3-2-4-12(13)15/h2-8,13H,9H2,1H3. The second-order valence-electron chi connectivity index (χ2n) is 4.73. The number of thioether (sulfide) groups is 1. The van der Waals surface area contributed by atoms with Gasteiger partial charge >= 0.3 is 0 Å². The molecule has 1 unspecified atom stereocenters. The second kappa shape index (κ2) is 4.82. The summed E-state index contributed by atoms with van der Waals surface area (Å²) in [5.74, 6) is 0.290. The Hall–Kier alpha value is -1.61. The maximum atomic E-state index is 13.6. The van der Waals surface area contributed by atoms with Crippen LogP contribution < -0.4 is 0 Å². The van der Waals surface area contributed by atoms with Crippen LogP contribution in [0.25, 0.3) is 0 Å². The van der Waals surface area contributed by atoms with Crippen molar-refractivity contribution in [3.05, 3.63) is 65.0 Å². The van der Waals surface area contributed by atoms with Gasteiger partial charge in [0, 0.05) is 16.2 Å². The highest BCUT2D eigenvalue weighted by Crippen LogP contribution is 2.40. The molecule has 1 aliphatic rings. The van der Waals surface area contributed by atoms with E-state index in [4.69, 9.17) is 0 Å². The van der Waals surface area contributed by atoms with Crippen LogP contribution in [0.1, 0.15) is 27.4 Å². The van der Waals surface area contributed by atoms with Gasteiger partial charge in [-0.25, -0.2) is 4.39 Å². The van der Waals surface area contributed by atoms with E-state index in [-0.39, 0.29) is 17.5 Å². The summed E-state index contributed by atoms with van der Waals surface area (Å²) in [6, 6.07) is 12.7.